The van der Waals surface area contributed by atoms with Crippen LogP contribution >= 0.6 is 0 Å². The Morgan fingerprint density at radius 2 is 2.05 bits per heavy atom. The maximum absolute atomic E-state index is 12.2. The van der Waals surface area contributed by atoms with Crippen molar-refractivity contribution in [3.8, 4) is 0 Å². The third-order valence-corrected chi connectivity index (χ3v) is 2.93. The smallest absolute Gasteiger partial charge is 0.338 e. The minimum atomic E-state index is -1.28. The van der Waals surface area contributed by atoms with Crippen LogP contribution in [0.5, 0.6) is 0 Å². The number of pyridine rings is 1. The molecule has 1 amide bonds. The van der Waals surface area contributed by atoms with E-state index in [1.165, 1.54) is 36.5 Å². The maximum atomic E-state index is 12.2. The second-order valence-corrected chi connectivity index (χ2v) is 4.42. The predicted octanol–water partition coefficient (Wildman–Crippen LogP) is 2.25. The van der Waals surface area contributed by atoms with Gasteiger partial charge in [-0.15, -0.1) is 0 Å². The third-order valence-electron chi connectivity index (χ3n) is 2.93. The molecule has 8 heteroatoms. The number of carboxylic acid groups (broad SMARTS) is 1. The Balaban J connectivity index is 2.36. The van der Waals surface area contributed by atoms with Crippen molar-refractivity contribution in [2.75, 3.05) is 5.32 Å². The van der Waals surface area contributed by atoms with Crippen LogP contribution in [0.25, 0.3) is 0 Å². The monoisotopic (exact) mass is 301 g/mol. The molecule has 112 valence electrons. The second kappa shape index (κ2) is 6.00. The van der Waals surface area contributed by atoms with Crippen LogP contribution in [0.1, 0.15) is 26.4 Å². The summed E-state index contributed by atoms with van der Waals surface area (Å²) in [6.07, 6.45) is 1.29. The first-order valence-corrected chi connectivity index (χ1v) is 6.15. The number of hydrogen-bond donors (Lipinski definition) is 2. The number of carboxylic acids is 1. The average Bonchev–Trinajstić information content (AvgIpc) is 2.49. The fourth-order valence-corrected chi connectivity index (χ4v) is 1.80. The van der Waals surface area contributed by atoms with Gasteiger partial charge in [-0.25, -0.2) is 4.79 Å². The molecule has 0 aliphatic rings. The number of carbonyl (C=O) groups excluding carboxylic acids is 1. The SMILES string of the molecule is Cc1ccc([N+](=O)[O-])cc1NC(=O)c1ncccc1C(=O)O. The Labute approximate surface area is 124 Å². The van der Waals surface area contributed by atoms with Crippen molar-refractivity contribution in [1.29, 1.82) is 0 Å². The van der Waals surface area contributed by atoms with Crippen LogP contribution in [0.15, 0.2) is 36.5 Å². The number of aryl methyl sites for hydroxylation is 1. The summed E-state index contributed by atoms with van der Waals surface area (Å²) in [4.78, 5) is 37.2. The summed E-state index contributed by atoms with van der Waals surface area (Å²) in [5.74, 6) is -2.03. The van der Waals surface area contributed by atoms with Crippen LogP contribution in [0.3, 0.4) is 0 Å². The fraction of sp³-hybridized carbons (Fsp3) is 0.0714. The molecule has 0 atom stereocenters. The Kier molecular flexibility index (Phi) is 4.12. The van der Waals surface area contributed by atoms with Crippen LogP contribution in [0.2, 0.25) is 0 Å². The Hall–Kier alpha value is -3.29. The number of nitro groups is 1. The fourth-order valence-electron chi connectivity index (χ4n) is 1.80. The standard InChI is InChI=1S/C14H11N3O5/c1-8-4-5-9(17(21)22)7-11(8)16-13(18)12-10(14(19)20)3-2-6-15-12/h2-7H,1H3,(H,16,18)(H,19,20). The quantitative estimate of drug-likeness (QED) is 0.659. The van der Waals surface area contributed by atoms with E-state index in [0.29, 0.717) is 5.56 Å². The molecular weight excluding hydrogens is 290 g/mol. The van der Waals surface area contributed by atoms with Gasteiger partial charge in [0.25, 0.3) is 11.6 Å². The molecule has 22 heavy (non-hydrogen) atoms. The molecule has 2 N–H and O–H groups in total. The minimum absolute atomic E-state index is 0.180. The molecule has 0 saturated carbocycles. The highest BCUT2D eigenvalue weighted by molar-refractivity contribution is 6.09. The summed E-state index contributed by atoms with van der Waals surface area (Å²) >= 11 is 0. The Morgan fingerprint density at radius 3 is 2.68 bits per heavy atom. The molecular formula is C14H11N3O5. The lowest BCUT2D eigenvalue weighted by atomic mass is 10.1. The molecule has 1 aromatic carbocycles. The average molecular weight is 301 g/mol. The Bertz CT molecular complexity index is 773. The van der Waals surface area contributed by atoms with E-state index in [1.807, 2.05) is 0 Å². The second-order valence-electron chi connectivity index (χ2n) is 4.42. The van der Waals surface area contributed by atoms with Crippen LogP contribution in [0, 0.1) is 17.0 Å². The molecule has 1 heterocycles. The van der Waals surface area contributed by atoms with Gasteiger partial charge in [-0.2, -0.15) is 0 Å². The molecule has 0 aliphatic heterocycles. The number of nitrogens with zero attached hydrogens (tertiary/aromatic N) is 2. The van der Waals surface area contributed by atoms with E-state index in [1.54, 1.807) is 6.92 Å². The number of hydrogen-bond acceptors (Lipinski definition) is 5. The highest BCUT2D eigenvalue weighted by Gasteiger charge is 2.19. The molecule has 8 nitrogen and oxygen atoms in total. The zero-order valence-corrected chi connectivity index (χ0v) is 11.4. The highest BCUT2D eigenvalue weighted by atomic mass is 16.6. The van der Waals surface area contributed by atoms with Gasteiger partial charge in [0.1, 0.15) is 5.69 Å². The number of nitrogens with one attached hydrogen (secondary N) is 1. The number of aromatic carboxylic acids is 1. The summed E-state index contributed by atoms with van der Waals surface area (Å²) in [5.41, 5.74) is 0.136. The van der Waals surface area contributed by atoms with Crippen LogP contribution < -0.4 is 5.32 Å². The molecule has 0 aliphatic carbocycles. The molecule has 2 aromatic rings. The molecule has 0 saturated heterocycles. The number of amides is 1. The largest absolute Gasteiger partial charge is 0.478 e. The van der Waals surface area contributed by atoms with Crippen molar-refractivity contribution in [2.24, 2.45) is 0 Å². The van der Waals surface area contributed by atoms with Crippen LogP contribution in [0.4, 0.5) is 11.4 Å². The van der Waals surface area contributed by atoms with E-state index in [0.717, 1.165) is 0 Å². The van der Waals surface area contributed by atoms with Gasteiger partial charge in [0.2, 0.25) is 0 Å². The topological polar surface area (TPSA) is 122 Å². The highest BCUT2D eigenvalue weighted by Crippen LogP contribution is 2.22. The number of carbonyl (C=O) groups is 2. The van der Waals surface area contributed by atoms with Gasteiger partial charge in [-0.3, -0.25) is 19.9 Å². The Morgan fingerprint density at radius 1 is 1.32 bits per heavy atom. The first-order valence-electron chi connectivity index (χ1n) is 6.15. The summed E-state index contributed by atoms with van der Waals surface area (Å²) in [7, 11) is 0. The number of anilines is 1. The van der Waals surface area contributed by atoms with Gasteiger partial charge < -0.3 is 10.4 Å². The van der Waals surface area contributed by atoms with Crippen molar-refractivity contribution < 1.29 is 19.6 Å². The van der Waals surface area contributed by atoms with Gasteiger partial charge in [-0.1, -0.05) is 6.07 Å². The van der Waals surface area contributed by atoms with Crippen LogP contribution in [-0.2, 0) is 0 Å². The van der Waals surface area contributed by atoms with Gasteiger partial charge in [0, 0.05) is 18.3 Å². The van der Waals surface area contributed by atoms with Gasteiger partial charge in [-0.05, 0) is 24.6 Å². The zero-order chi connectivity index (χ0) is 16.3. The van der Waals surface area contributed by atoms with Crippen LogP contribution in [-0.4, -0.2) is 26.9 Å². The van der Waals surface area contributed by atoms with E-state index >= 15 is 0 Å². The van der Waals surface area contributed by atoms with E-state index < -0.39 is 16.8 Å². The maximum Gasteiger partial charge on any atom is 0.338 e. The number of aromatic nitrogens is 1. The van der Waals surface area contributed by atoms with Crippen molar-refractivity contribution in [1.82, 2.24) is 4.98 Å². The van der Waals surface area contributed by atoms with E-state index in [2.05, 4.69) is 10.3 Å². The first kappa shape index (κ1) is 15.1. The number of benzene rings is 1. The predicted molar refractivity (Wildman–Crippen MR) is 77.0 cm³/mol. The molecule has 1 aromatic heterocycles. The third kappa shape index (κ3) is 3.06. The lowest BCUT2D eigenvalue weighted by Gasteiger charge is -2.09. The number of nitro benzene ring substituents is 1. The molecule has 0 fully saturated rings. The van der Waals surface area contributed by atoms with Gasteiger partial charge >= 0.3 is 5.97 Å². The van der Waals surface area contributed by atoms with E-state index in [9.17, 15) is 19.7 Å². The molecule has 2 rings (SSSR count). The van der Waals surface area contributed by atoms with Gasteiger partial charge in [0.05, 0.1) is 16.2 Å². The minimum Gasteiger partial charge on any atom is -0.478 e. The van der Waals surface area contributed by atoms with Gasteiger partial charge in [0.15, 0.2) is 0 Å². The zero-order valence-electron chi connectivity index (χ0n) is 11.4. The molecule has 0 unspecified atom stereocenters. The molecule has 0 spiro atoms. The van der Waals surface area contributed by atoms with Crippen molar-refractivity contribution >= 4 is 23.3 Å². The summed E-state index contributed by atoms with van der Waals surface area (Å²) in [5, 5.41) is 22.3. The van der Waals surface area contributed by atoms with Crippen molar-refractivity contribution in [2.45, 2.75) is 6.92 Å². The first-order chi connectivity index (χ1) is 10.4. The molecule has 0 bridgehead atoms. The molecule has 0 radical (unpaired) electrons. The van der Waals surface area contributed by atoms with E-state index in [4.69, 9.17) is 5.11 Å². The lowest BCUT2D eigenvalue weighted by molar-refractivity contribution is -0.384. The van der Waals surface area contributed by atoms with Crippen molar-refractivity contribution in [3.63, 3.8) is 0 Å². The summed E-state index contributed by atoms with van der Waals surface area (Å²) in [6.45, 7) is 1.66. The summed E-state index contributed by atoms with van der Waals surface area (Å²) in [6, 6.07) is 6.67. The van der Waals surface area contributed by atoms with E-state index in [-0.39, 0.29) is 22.6 Å². The van der Waals surface area contributed by atoms with Crippen molar-refractivity contribution in [3.05, 3.63) is 63.5 Å². The summed E-state index contributed by atoms with van der Waals surface area (Å²) < 4.78 is 0. The number of non-ortho nitro benzene ring substituents is 1. The lowest BCUT2D eigenvalue weighted by Crippen LogP contribution is -2.18. The number of rotatable bonds is 4. The normalized spacial score (nSPS) is 10.0.